The van der Waals surface area contributed by atoms with Crippen molar-refractivity contribution in [2.24, 2.45) is 0 Å². The summed E-state index contributed by atoms with van der Waals surface area (Å²) in [5, 5.41) is 3.83. The zero-order valence-electron chi connectivity index (χ0n) is 11.4. The zero-order valence-corrected chi connectivity index (χ0v) is 11.4. The Morgan fingerprint density at radius 2 is 1.84 bits per heavy atom. The van der Waals surface area contributed by atoms with Crippen molar-refractivity contribution >= 4 is 21.7 Å². The van der Waals surface area contributed by atoms with Gasteiger partial charge < -0.3 is 0 Å². The van der Waals surface area contributed by atoms with Crippen molar-refractivity contribution in [1.29, 1.82) is 0 Å². The summed E-state index contributed by atoms with van der Waals surface area (Å²) >= 11 is 0. The molecule has 0 spiro atoms. The molecule has 96 valence electrons. The lowest BCUT2D eigenvalue weighted by molar-refractivity contribution is 0.718. The summed E-state index contributed by atoms with van der Waals surface area (Å²) in [4.78, 5) is 4.51. The molecular formula is C18H19N. The number of nitrogens with zero attached hydrogens (tertiary/aromatic N) is 1. The summed E-state index contributed by atoms with van der Waals surface area (Å²) in [7, 11) is 0. The maximum Gasteiger partial charge on any atom is 0.0708 e. The SMILES string of the molecule is CCCCCc1ccc2cnc3ccccc3c2c1. The van der Waals surface area contributed by atoms with E-state index in [-0.39, 0.29) is 0 Å². The first kappa shape index (κ1) is 12.2. The molecule has 0 saturated heterocycles. The van der Waals surface area contributed by atoms with Crippen LogP contribution < -0.4 is 0 Å². The highest BCUT2D eigenvalue weighted by Crippen LogP contribution is 2.24. The van der Waals surface area contributed by atoms with Crippen molar-refractivity contribution in [2.75, 3.05) is 0 Å². The normalized spacial score (nSPS) is 11.2. The van der Waals surface area contributed by atoms with E-state index >= 15 is 0 Å². The van der Waals surface area contributed by atoms with Gasteiger partial charge in [-0.2, -0.15) is 0 Å². The molecule has 1 heterocycles. The Hall–Kier alpha value is -1.89. The third kappa shape index (κ3) is 2.46. The highest BCUT2D eigenvalue weighted by atomic mass is 14.6. The van der Waals surface area contributed by atoms with Gasteiger partial charge in [0.1, 0.15) is 0 Å². The van der Waals surface area contributed by atoms with Crippen LogP contribution in [-0.4, -0.2) is 4.98 Å². The van der Waals surface area contributed by atoms with E-state index in [0.29, 0.717) is 0 Å². The zero-order chi connectivity index (χ0) is 13.1. The van der Waals surface area contributed by atoms with Crippen molar-refractivity contribution < 1.29 is 0 Å². The third-order valence-electron chi connectivity index (χ3n) is 3.72. The Labute approximate surface area is 114 Å². The van der Waals surface area contributed by atoms with Crippen LogP contribution >= 0.6 is 0 Å². The maximum atomic E-state index is 4.51. The summed E-state index contributed by atoms with van der Waals surface area (Å²) in [5.74, 6) is 0. The number of fused-ring (bicyclic) bond motifs is 3. The van der Waals surface area contributed by atoms with Crippen molar-refractivity contribution in [1.82, 2.24) is 4.98 Å². The van der Waals surface area contributed by atoms with Gasteiger partial charge in [0.2, 0.25) is 0 Å². The fourth-order valence-electron chi connectivity index (χ4n) is 2.64. The van der Waals surface area contributed by atoms with Crippen LogP contribution in [0.3, 0.4) is 0 Å². The van der Waals surface area contributed by atoms with Gasteiger partial charge in [0.15, 0.2) is 0 Å². The van der Waals surface area contributed by atoms with Crippen LogP contribution in [-0.2, 0) is 6.42 Å². The van der Waals surface area contributed by atoms with Crippen LogP contribution in [0.2, 0.25) is 0 Å². The molecule has 0 aliphatic heterocycles. The minimum absolute atomic E-state index is 1.08. The predicted molar refractivity (Wildman–Crippen MR) is 82.5 cm³/mol. The molecule has 0 saturated carbocycles. The number of benzene rings is 2. The Morgan fingerprint density at radius 3 is 2.74 bits per heavy atom. The molecule has 0 aliphatic rings. The van der Waals surface area contributed by atoms with E-state index in [0.717, 1.165) is 5.52 Å². The van der Waals surface area contributed by atoms with Crippen LogP contribution in [0.5, 0.6) is 0 Å². The van der Waals surface area contributed by atoms with Gasteiger partial charge in [-0.25, -0.2) is 0 Å². The molecule has 0 radical (unpaired) electrons. The summed E-state index contributed by atoms with van der Waals surface area (Å²) < 4.78 is 0. The van der Waals surface area contributed by atoms with Gasteiger partial charge in [-0.15, -0.1) is 0 Å². The largest absolute Gasteiger partial charge is 0.256 e. The lowest BCUT2D eigenvalue weighted by Gasteiger charge is -2.06. The van der Waals surface area contributed by atoms with E-state index in [9.17, 15) is 0 Å². The number of hydrogen-bond acceptors (Lipinski definition) is 1. The topological polar surface area (TPSA) is 12.9 Å². The van der Waals surface area contributed by atoms with Crippen LogP contribution in [0.15, 0.2) is 48.7 Å². The lowest BCUT2D eigenvalue weighted by Crippen LogP contribution is -1.87. The van der Waals surface area contributed by atoms with Gasteiger partial charge in [0.05, 0.1) is 5.52 Å². The molecular weight excluding hydrogens is 230 g/mol. The van der Waals surface area contributed by atoms with Gasteiger partial charge in [-0.05, 0) is 29.9 Å². The number of hydrogen-bond donors (Lipinski definition) is 0. The second-order valence-electron chi connectivity index (χ2n) is 5.15. The molecule has 1 heteroatoms. The molecule has 1 nitrogen and oxygen atoms in total. The van der Waals surface area contributed by atoms with Crippen molar-refractivity contribution in [3.63, 3.8) is 0 Å². The second kappa shape index (κ2) is 5.40. The molecule has 0 atom stereocenters. The first-order valence-electron chi connectivity index (χ1n) is 7.15. The molecule has 0 amide bonds. The Kier molecular flexibility index (Phi) is 3.45. The average molecular weight is 249 g/mol. The molecule has 0 bridgehead atoms. The fraction of sp³-hybridized carbons (Fsp3) is 0.278. The second-order valence-corrected chi connectivity index (χ2v) is 5.15. The standard InChI is InChI=1S/C18H19N/c1-2-3-4-7-14-10-11-15-13-19-18-9-6-5-8-16(18)17(15)12-14/h5-6,8-13H,2-4,7H2,1H3. The monoisotopic (exact) mass is 249 g/mol. The Balaban J connectivity index is 2.07. The van der Waals surface area contributed by atoms with Crippen molar-refractivity contribution in [2.45, 2.75) is 32.6 Å². The Morgan fingerprint density at radius 1 is 0.947 bits per heavy atom. The summed E-state index contributed by atoms with van der Waals surface area (Å²) in [6.45, 7) is 2.25. The van der Waals surface area contributed by atoms with E-state index < -0.39 is 0 Å². The highest BCUT2D eigenvalue weighted by molar-refractivity contribution is 6.05. The van der Waals surface area contributed by atoms with Gasteiger partial charge in [0.25, 0.3) is 0 Å². The smallest absolute Gasteiger partial charge is 0.0708 e. The average Bonchev–Trinajstić information content (AvgIpc) is 2.47. The first-order valence-corrected chi connectivity index (χ1v) is 7.15. The number of unbranched alkanes of at least 4 members (excludes halogenated alkanes) is 2. The molecule has 0 fully saturated rings. The van der Waals surface area contributed by atoms with E-state index in [1.807, 2.05) is 12.3 Å². The highest BCUT2D eigenvalue weighted by Gasteiger charge is 2.02. The third-order valence-corrected chi connectivity index (χ3v) is 3.72. The maximum absolute atomic E-state index is 4.51. The van der Waals surface area contributed by atoms with Crippen LogP contribution in [0.1, 0.15) is 31.7 Å². The molecule has 19 heavy (non-hydrogen) atoms. The molecule has 1 aromatic heterocycles. The van der Waals surface area contributed by atoms with Crippen LogP contribution in [0.25, 0.3) is 21.7 Å². The van der Waals surface area contributed by atoms with Gasteiger partial charge in [-0.3, -0.25) is 4.98 Å². The Bertz CT molecular complexity index is 700. The van der Waals surface area contributed by atoms with Crippen molar-refractivity contribution in [3.05, 3.63) is 54.2 Å². The first-order chi connectivity index (χ1) is 9.38. The van der Waals surface area contributed by atoms with Crippen LogP contribution in [0, 0.1) is 0 Å². The number of aryl methyl sites for hydroxylation is 1. The predicted octanol–water partition coefficient (Wildman–Crippen LogP) is 5.12. The fourth-order valence-corrected chi connectivity index (χ4v) is 2.64. The molecule has 3 aromatic rings. The van der Waals surface area contributed by atoms with E-state index in [4.69, 9.17) is 0 Å². The number of para-hydroxylation sites is 1. The number of pyridine rings is 1. The van der Waals surface area contributed by atoms with Gasteiger partial charge in [-0.1, -0.05) is 56.2 Å². The quantitative estimate of drug-likeness (QED) is 0.462. The van der Waals surface area contributed by atoms with E-state index in [1.54, 1.807) is 0 Å². The van der Waals surface area contributed by atoms with E-state index in [1.165, 1.54) is 47.4 Å². The number of rotatable bonds is 4. The summed E-state index contributed by atoms with van der Waals surface area (Å²) in [5.41, 5.74) is 2.53. The molecule has 3 rings (SSSR count). The summed E-state index contributed by atoms with van der Waals surface area (Å²) in [6, 6.07) is 15.2. The number of aromatic nitrogens is 1. The van der Waals surface area contributed by atoms with Gasteiger partial charge in [0, 0.05) is 17.0 Å². The minimum Gasteiger partial charge on any atom is -0.256 e. The van der Waals surface area contributed by atoms with E-state index in [2.05, 4.69) is 48.3 Å². The van der Waals surface area contributed by atoms with Crippen LogP contribution in [0.4, 0.5) is 0 Å². The molecule has 0 unspecified atom stereocenters. The molecule has 0 N–H and O–H groups in total. The summed E-state index contributed by atoms with van der Waals surface area (Å²) in [6.07, 6.45) is 7.04. The lowest BCUT2D eigenvalue weighted by atomic mass is 10.0. The van der Waals surface area contributed by atoms with Gasteiger partial charge >= 0.3 is 0 Å². The molecule has 2 aromatic carbocycles. The minimum atomic E-state index is 1.08. The molecule has 0 aliphatic carbocycles. The van der Waals surface area contributed by atoms with Crippen molar-refractivity contribution in [3.8, 4) is 0 Å².